The fourth-order valence-electron chi connectivity index (χ4n) is 2.59. The van der Waals surface area contributed by atoms with Gasteiger partial charge in [0, 0.05) is 11.1 Å². The average Bonchev–Trinajstić information content (AvgIpc) is 3.10. The summed E-state index contributed by atoms with van der Waals surface area (Å²) in [6.07, 6.45) is 1.90. The van der Waals surface area contributed by atoms with Gasteiger partial charge in [0.05, 0.1) is 18.3 Å². The van der Waals surface area contributed by atoms with E-state index in [1.165, 1.54) is 5.69 Å². The standard InChI is InChI=1S/C17H21N3O/c1-3-13-10-14(4-2)20(19-13)11-15(18)17-9-12-7-5-6-8-16(12)21-17/h5-10,15H,3-4,11,18H2,1-2H3. The summed E-state index contributed by atoms with van der Waals surface area (Å²) in [5, 5.41) is 5.71. The van der Waals surface area contributed by atoms with E-state index in [0.717, 1.165) is 35.3 Å². The van der Waals surface area contributed by atoms with Crippen molar-refractivity contribution in [2.24, 2.45) is 5.73 Å². The first-order valence-electron chi connectivity index (χ1n) is 7.51. The fourth-order valence-corrected chi connectivity index (χ4v) is 2.59. The summed E-state index contributed by atoms with van der Waals surface area (Å²) >= 11 is 0. The Bertz CT molecular complexity index is 708. The van der Waals surface area contributed by atoms with Crippen molar-refractivity contribution in [1.82, 2.24) is 9.78 Å². The van der Waals surface area contributed by atoms with Crippen LogP contribution >= 0.6 is 0 Å². The second-order valence-electron chi connectivity index (χ2n) is 5.31. The van der Waals surface area contributed by atoms with Crippen LogP contribution in [0.1, 0.15) is 37.0 Å². The molecule has 2 aromatic heterocycles. The van der Waals surface area contributed by atoms with Crippen LogP contribution in [0.25, 0.3) is 11.0 Å². The number of furan rings is 1. The van der Waals surface area contributed by atoms with E-state index in [-0.39, 0.29) is 6.04 Å². The largest absolute Gasteiger partial charge is 0.459 e. The van der Waals surface area contributed by atoms with Gasteiger partial charge in [0.1, 0.15) is 11.3 Å². The molecule has 2 heterocycles. The van der Waals surface area contributed by atoms with Crippen LogP contribution in [0.4, 0.5) is 0 Å². The third-order valence-electron chi connectivity index (χ3n) is 3.82. The average molecular weight is 283 g/mol. The van der Waals surface area contributed by atoms with E-state index in [9.17, 15) is 0 Å². The molecule has 0 saturated heterocycles. The summed E-state index contributed by atoms with van der Waals surface area (Å²) in [5.74, 6) is 0.812. The molecular weight excluding hydrogens is 262 g/mol. The third kappa shape index (κ3) is 2.72. The van der Waals surface area contributed by atoms with Crippen LogP contribution in [0.5, 0.6) is 0 Å². The van der Waals surface area contributed by atoms with Gasteiger partial charge in [-0.05, 0) is 31.0 Å². The number of para-hydroxylation sites is 1. The summed E-state index contributed by atoms with van der Waals surface area (Å²) in [4.78, 5) is 0. The lowest BCUT2D eigenvalue weighted by Gasteiger charge is -2.11. The number of fused-ring (bicyclic) bond motifs is 1. The Kier molecular flexibility index (Phi) is 3.80. The van der Waals surface area contributed by atoms with Crippen molar-refractivity contribution >= 4 is 11.0 Å². The van der Waals surface area contributed by atoms with Crippen LogP contribution in [0.15, 0.2) is 40.8 Å². The normalized spacial score (nSPS) is 12.9. The van der Waals surface area contributed by atoms with Gasteiger partial charge in [-0.1, -0.05) is 32.0 Å². The second kappa shape index (κ2) is 5.74. The zero-order valence-corrected chi connectivity index (χ0v) is 12.5. The quantitative estimate of drug-likeness (QED) is 0.780. The van der Waals surface area contributed by atoms with Gasteiger partial charge in [-0.3, -0.25) is 4.68 Å². The van der Waals surface area contributed by atoms with Gasteiger partial charge >= 0.3 is 0 Å². The first kappa shape index (κ1) is 13.9. The van der Waals surface area contributed by atoms with Crippen molar-refractivity contribution in [3.8, 4) is 0 Å². The molecule has 4 nitrogen and oxygen atoms in total. The number of aryl methyl sites for hydroxylation is 2. The lowest BCUT2D eigenvalue weighted by Crippen LogP contribution is -2.19. The van der Waals surface area contributed by atoms with Gasteiger partial charge in [-0.25, -0.2) is 0 Å². The van der Waals surface area contributed by atoms with Gasteiger partial charge in [-0.15, -0.1) is 0 Å². The van der Waals surface area contributed by atoms with Crippen molar-refractivity contribution < 1.29 is 4.42 Å². The van der Waals surface area contributed by atoms with Crippen molar-refractivity contribution in [1.29, 1.82) is 0 Å². The van der Waals surface area contributed by atoms with Crippen molar-refractivity contribution in [3.63, 3.8) is 0 Å². The van der Waals surface area contributed by atoms with Crippen LogP contribution in [-0.4, -0.2) is 9.78 Å². The maximum atomic E-state index is 6.31. The van der Waals surface area contributed by atoms with Gasteiger partial charge in [0.2, 0.25) is 0 Å². The molecular formula is C17H21N3O. The van der Waals surface area contributed by atoms with E-state index in [1.807, 2.05) is 35.0 Å². The van der Waals surface area contributed by atoms with Crippen LogP contribution in [0.3, 0.4) is 0 Å². The van der Waals surface area contributed by atoms with E-state index >= 15 is 0 Å². The van der Waals surface area contributed by atoms with E-state index in [1.54, 1.807) is 0 Å². The number of nitrogens with zero attached hydrogens (tertiary/aromatic N) is 2. The molecule has 0 spiro atoms. The molecule has 110 valence electrons. The minimum absolute atomic E-state index is 0.188. The number of aromatic nitrogens is 2. The number of benzene rings is 1. The predicted molar refractivity (Wildman–Crippen MR) is 84.1 cm³/mol. The molecule has 0 aliphatic rings. The number of hydrogen-bond donors (Lipinski definition) is 1. The minimum Gasteiger partial charge on any atom is -0.459 e. The molecule has 3 aromatic rings. The van der Waals surface area contributed by atoms with Gasteiger partial charge in [-0.2, -0.15) is 5.10 Å². The topological polar surface area (TPSA) is 57.0 Å². The smallest absolute Gasteiger partial charge is 0.134 e. The Morgan fingerprint density at radius 1 is 1.19 bits per heavy atom. The molecule has 1 atom stereocenters. The lowest BCUT2D eigenvalue weighted by atomic mass is 10.2. The zero-order valence-electron chi connectivity index (χ0n) is 12.5. The second-order valence-corrected chi connectivity index (χ2v) is 5.31. The summed E-state index contributed by atoms with van der Waals surface area (Å²) in [7, 11) is 0. The number of hydrogen-bond acceptors (Lipinski definition) is 3. The first-order chi connectivity index (χ1) is 10.2. The van der Waals surface area contributed by atoms with Crippen LogP contribution in [-0.2, 0) is 19.4 Å². The molecule has 1 aromatic carbocycles. The SMILES string of the molecule is CCc1cc(CC)n(CC(N)c2cc3ccccc3o2)n1. The fraction of sp³-hybridized carbons (Fsp3) is 0.353. The molecule has 0 amide bonds. The number of rotatable bonds is 5. The minimum atomic E-state index is -0.188. The van der Waals surface area contributed by atoms with Crippen LogP contribution < -0.4 is 5.73 Å². The highest BCUT2D eigenvalue weighted by molar-refractivity contribution is 5.77. The Labute approximate surface area is 124 Å². The monoisotopic (exact) mass is 283 g/mol. The molecule has 0 radical (unpaired) electrons. The molecule has 21 heavy (non-hydrogen) atoms. The molecule has 4 heteroatoms. The van der Waals surface area contributed by atoms with Crippen LogP contribution in [0.2, 0.25) is 0 Å². The maximum absolute atomic E-state index is 6.31. The Balaban J connectivity index is 1.85. The molecule has 0 bridgehead atoms. The molecule has 1 unspecified atom stereocenters. The van der Waals surface area contributed by atoms with Gasteiger partial charge in [0.25, 0.3) is 0 Å². The van der Waals surface area contributed by atoms with Gasteiger partial charge < -0.3 is 10.2 Å². The highest BCUT2D eigenvalue weighted by Gasteiger charge is 2.15. The molecule has 2 N–H and O–H groups in total. The summed E-state index contributed by atoms with van der Waals surface area (Å²) in [6, 6.07) is 12.0. The van der Waals surface area contributed by atoms with Crippen molar-refractivity contribution in [2.75, 3.05) is 0 Å². The highest BCUT2D eigenvalue weighted by Crippen LogP contribution is 2.24. The zero-order chi connectivity index (χ0) is 14.8. The molecule has 0 saturated carbocycles. The van der Waals surface area contributed by atoms with E-state index in [2.05, 4.69) is 25.0 Å². The van der Waals surface area contributed by atoms with Crippen LogP contribution in [0, 0.1) is 0 Å². The highest BCUT2D eigenvalue weighted by atomic mass is 16.3. The Morgan fingerprint density at radius 2 is 2.00 bits per heavy atom. The summed E-state index contributed by atoms with van der Waals surface area (Å²) < 4.78 is 7.85. The number of nitrogens with two attached hydrogens (primary N) is 1. The lowest BCUT2D eigenvalue weighted by molar-refractivity contribution is 0.431. The van der Waals surface area contributed by atoms with E-state index in [4.69, 9.17) is 10.2 Å². The molecule has 0 fully saturated rings. The van der Waals surface area contributed by atoms with E-state index in [0.29, 0.717) is 6.54 Å². The first-order valence-corrected chi connectivity index (χ1v) is 7.51. The Morgan fingerprint density at radius 3 is 2.71 bits per heavy atom. The van der Waals surface area contributed by atoms with Crippen molar-refractivity contribution in [2.45, 2.75) is 39.3 Å². The van der Waals surface area contributed by atoms with E-state index < -0.39 is 0 Å². The molecule has 3 rings (SSSR count). The summed E-state index contributed by atoms with van der Waals surface area (Å²) in [5.41, 5.74) is 9.53. The predicted octanol–water partition coefficient (Wildman–Crippen LogP) is 3.45. The molecule has 0 aliphatic carbocycles. The Hall–Kier alpha value is -2.07. The molecule has 0 aliphatic heterocycles. The maximum Gasteiger partial charge on any atom is 0.134 e. The van der Waals surface area contributed by atoms with Gasteiger partial charge in [0.15, 0.2) is 0 Å². The van der Waals surface area contributed by atoms with Crippen molar-refractivity contribution in [3.05, 3.63) is 53.5 Å². The summed E-state index contributed by atoms with van der Waals surface area (Å²) in [6.45, 7) is 4.90. The third-order valence-corrected chi connectivity index (χ3v) is 3.82.